The predicted octanol–water partition coefficient (Wildman–Crippen LogP) is 4.72. The molecule has 5 heteroatoms. The molecule has 0 aliphatic heterocycles. The van der Waals surface area contributed by atoms with Gasteiger partial charge in [0.05, 0.1) is 12.3 Å². The Hall–Kier alpha value is -2.53. The lowest BCUT2D eigenvalue weighted by atomic mass is 9.87. The first-order valence-corrected chi connectivity index (χ1v) is 9.51. The van der Waals surface area contributed by atoms with E-state index in [1.54, 1.807) is 14.0 Å². The zero-order chi connectivity index (χ0) is 20.7. The number of benzene rings is 2. The molecule has 1 N–H and O–H groups in total. The van der Waals surface area contributed by atoms with Gasteiger partial charge < -0.3 is 19.5 Å². The van der Waals surface area contributed by atoms with Crippen LogP contribution in [0.1, 0.15) is 38.8 Å². The number of carbonyl (C=O) groups excluding carboxylic acids is 1. The quantitative estimate of drug-likeness (QED) is 0.668. The van der Waals surface area contributed by atoms with Gasteiger partial charge in [0, 0.05) is 7.11 Å². The van der Waals surface area contributed by atoms with E-state index in [-0.39, 0.29) is 11.3 Å². The average molecular weight is 386 g/mol. The third-order valence-corrected chi connectivity index (χ3v) is 4.34. The predicted molar refractivity (Wildman–Crippen MR) is 112 cm³/mol. The van der Waals surface area contributed by atoms with Gasteiger partial charge in [-0.2, -0.15) is 0 Å². The van der Waals surface area contributed by atoms with Crippen LogP contribution in [-0.4, -0.2) is 32.3 Å². The Morgan fingerprint density at radius 1 is 1.07 bits per heavy atom. The summed E-state index contributed by atoms with van der Waals surface area (Å²) in [5.41, 5.74) is 2.96. The monoisotopic (exact) mass is 385 g/mol. The lowest BCUT2D eigenvalue weighted by molar-refractivity contribution is -0.122. The summed E-state index contributed by atoms with van der Waals surface area (Å²) in [7, 11) is 1.62. The fraction of sp³-hybridized carbons (Fsp3) is 0.435. The fourth-order valence-electron chi connectivity index (χ4n) is 2.61. The van der Waals surface area contributed by atoms with Crippen LogP contribution in [0.5, 0.6) is 11.5 Å². The van der Waals surface area contributed by atoms with E-state index in [0.717, 1.165) is 5.56 Å². The van der Waals surface area contributed by atoms with E-state index in [4.69, 9.17) is 14.2 Å². The molecule has 1 unspecified atom stereocenters. The first kappa shape index (κ1) is 21.8. The number of anilines is 1. The molecule has 0 radical (unpaired) electrons. The Balaban J connectivity index is 2.02. The summed E-state index contributed by atoms with van der Waals surface area (Å²) in [6.45, 7) is 11.1. The van der Waals surface area contributed by atoms with Crippen molar-refractivity contribution in [2.24, 2.45) is 0 Å². The second-order valence-corrected chi connectivity index (χ2v) is 7.86. The van der Waals surface area contributed by atoms with Gasteiger partial charge in [-0.3, -0.25) is 4.79 Å². The number of amides is 1. The maximum atomic E-state index is 12.6. The van der Waals surface area contributed by atoms with Crippen LogP contribution in [0.3, 0.4) is 0 Å². The molecule has 1 atom stereocenters. The third-order valence-electron chi connectivity index (χ3n) is 4.34. The number of hydrogen-bond acceptors (Lipinski definition) is 4. The molecular weight excluding hydrogens is 354 g/mol. The van der Waals surface area contributed by atoms with Crippen LogP contribution >= 0.6 is 0 Å². The first-order valence-electron chi connectivity index (χ1n) is 9.51. The minimum absolute atomic E-state index is 0.0756. The first-order chi connectivity index (χ1) is 13.2. The fourth-order valence-corrected chi connectivity index (χ4v) is 2.61. The lowest BCUT2D eigenvalue weighted by Gasteiger charge is -2.20. The van der Waals surface area contributed by atoms with E-state index < -0.39 is 6.10 Å². The smallest absolute Gasteiger partial charge is 0.265 e. The van der Waals surface area contributed by atoms with Gasteiger partial charge in [0.2, 0.25) is 0 Å². The van der Waals surface area contributed by atoms with Crippen molar-refractivity contribution < 1.29 is 19.0 Å². The number of methoxy groups -OCH3 is 1. The summed E-state index contributed by atoms with van der Waals surface area (Å²) >= 11 is 0. The summed E-state index contributed by atoms with van der Waals surface area (Å²) in [5.74, 6) is 1.04. The van der Waals surface area contributed by atoms with Gasteiger partial charge in [-0.1, -0.05) is 39.0 Å². The molecule has 0 saturated carbocycles. The molecular formula is C23H31NO4. The molecule has 0 bridgehead atoms. The number of ether oxygens (including phenoxy) is 3. The van der Waals surface area contributed by atoms with Gasteiger partial charge in [-0.25, -0.2) is 0 Å². The van der Waals surface area contributed by atoms with Crippen LogP contribution < -0.4 is 14.8 Å². The van der Waals surface area contributed by atoms with E-state index in [9.17, 15) is 4.79 Å². The zero-order valence-electron chi connectivity index (χ0n) is 17.7. The summed E-state index contributed by atoms with van der Waals surface area (Å²) < 4.78 is 16.5. The molecule has 2 aromatic rings. The Morgan fingerprint density at radius 3 is 2.36 bits per heavy atom. The Kier molecular flexibility index (Phi) is 7.46. The van der Waals surface area contributed by atoms with Crippen LogP contribution in [0.4, 0.5) is 5.69 Å². The highest BCUT2D eigenvalue weighted by Gasteiger charge is 2.18. The molecule has 2 aromatic carbocycles. The minimum Gasteiger partial charge on any atom is -0.489 e. The Labute approximate surface area is 168 Å². The second kappa shape index (κ2) is 9.60. The van der Waals surface area contributed by atoms with Crippen LogP contribution in [0, 0.1) is 6.92 Å². The van der Waals surface area contributed by atoms with Crippen molar-refractivity contribution >= 4 is 11.6 Å². The van der Waals surface area contributed by atoms with Crippen molar-refractivity contribution in [3.8, 4) is 11.5 Å². The molecule has 0 saturated heterocycles. The molecule has 0 aliphatic carbocycles. The van der Waals surface area contributed by atoms with Gasteiger partial charge in [-0.05, 0) is 54.7 Å². The SMILES string of the molecule is COCCOc1cc(C)ccc1NC(=O)C(C)Oc1ccc(C(C)(C)C)cc1. The van der Waals surface area contributed by atoms with Gasteiger partial charge in [0.25, 0.3) is 5.91 Å². The maximum absolute atomic E-state index is 12.6. The Morgan fingerprint density at radius 2 is 1.75 bits per heavy atom. The summed E-state index contributed by atoms with van der Waals surface area (Å²) in [4.78, 5) is 12.6. The maximum Gasteiger partial charge on any atom is 0.265 e. The van der Waals surface area contributed by atoms with Crippen molar-refractivity contribution in [3.63, 3.8) is 0 Å². The molecule has 152 valence electrons. The summed E-state index contributed by atoms with van der Waals surface area (Å²) in [6.07, 6.45) is -0.645. The topological polar surface area (TPSA) is 56.8 Å². The lowest BCUT2D eigenvalue weighted by Crippen LogP contribution is -2.30. The molecule has 0 fully saturated rings. The van der Waals surface area contributed by atoms with Crippen LogP contribution in [0.2, 0.25) is 0 Å². The number of nitrogens with one attached hydrogen (secondary N) is 1. The van der Waals surface area contributed by atoms with E-state index in [0.29, 0.717) is 30.4 Å². The highest BCUT2D eigenvalue weighted by molar-refractivity contribution is 5.95. The molecule has 0 spiro atoms. The van der Waals surface area contributed by atoms with Crippen LogP contribution in [-0.2, 0) is 14.9 Å². The largest absolute Gasteiger partial charge is 0.489 e. The molecule has 1 amide bonds. The van der Waals surface area contributed by atoms with E-state index >= 15 is 0 Å². The van der Waals surface area contributed by atoms with Crippen molar-refractivity contribution in [2.45, 2.75) is 46.1 Å². The van der Waals surface area contributed by atoms with Crippen molar-refractivity contribution in [2.75, 3.05) is 25.6 Å². The van der Waals surface area contributed by atoms with Crippen LogP contribution in [0.15, 0.2) is 42.5 Å². The molecule has 0 aliphatic rings. The van der Waals surface area contributed by atoms with Crippen molar-refractivity contribution in [1.82, 2.24) is 0 Å². The Bertz CT molecular complexity index is 778. The highest BCUT2D eigenvalue weighted by Crippen LogP contribution is 2.27. The average Bonchev–Trinajstić information content (AvgIpc) is 2.63. The number of hydrogen-bond donors (Lipinski definition) is 1. The van der Waals surface area contributed by atoms with E-state index in [1.807, 2.05) is 49.4 Å². The number of carbonyl (C=O) groups is 1. The van der Waals surface area contributed by atoms with Gasteiger partial charge >= 0.3 is 0 Å². The molecule has 2 rings (SSSR count). The minimum atomic E-state index is -0.645. The zero-order valence-corrected chi connectivity index (χ0v) is 17.7. The summed E-state index contributed by atoms with van der Waals surface area (Å²) in [5, 5.41) is 2.89. The van der Waals surface area contributed by atoms with Gasteiger partial charge in [0.1, 0.15) is 18.1 Å². The second-order valence-electron chi connectivity index (χ2n) is 7.86. The summed E-state index contributed by atoms with van der Waals surface area (Å²) in [6, 6.07) is 13.5. The van der Waals surface area contributed by atoms with Crippen molar-refractivity contribution in [3.05, 3.63) is 53.6 Å². The van der Waals surface area contributed by atoms with Gasteiger partial charge in [-0.15, -0.1) is 0 Å². The normalized spacial score (nSPS) is 12.4. The number of aryl methyl sites for hydroxylation is 1. The molecule has 0 heterocycles. The standard InChI is InChI=1S/C23H31NO4/c1-16-7-12-20(21(15-16)27-14-13-26-6)24-22(25)17(2)28-19-10-8-18(9-11-19)23(3,4)5/h7-12,15,17H,13-14H2,1-6H3,(H,24,25). The van der Waals surface area contributed by atoms with E-state index in [2.05, 4.69) is 26.1 Å². The highest BCUT2D eigenvalue weighted by atomic mass is 16.5. The van der Waals surface area contributed by atoms with E-state index in [1.165, 1.54) is 5.56 Å². The van der Waals surface area contributed by atoms with Crippen molar-refractivity contribution in [1.29, 1.82) is 0 Å². The molecule has 28 heavy (non-hydrogen) atoms. The van der Waals surface area contributed by atoms with Crippen LogP contribution in [0.25, 0.3) is 0 Å². The third kappa shape index (κ3) is 6.27. The molecule has 5 nitrogen and oxygen atoms in total. The number of rotatable bonds is 8. The molecule has 0 aromatic heterocycles. The van der Waals surface area contributed by atoms with Gasteiger partial charge in [0.15, 0.2) is 6.10 Å².